The van der Waals surface area contributed by atoms with Gasteiger partial charge in [-0.2, -0.15) is 0 Å². The lowest BCUT2D eigenvalue weighted by Crippen LogP contribution is -2.05. The maximum absolute atomic E-state index is 10.5. The van der Waals surface area contributed by atoms with Crippen LogP contribution in [0.3, 0.4) is 0 Å². The minimum absolute atomic E-state index is 0.145. The minimum Gasteiger partial charge on any atom is -0.508 e. The van der Waals surface area contributed by atoms with Crippen LogP contribution in [0.2, 0.25) is 0 Å². The lowest BCUT2D eigenvalue weighted by molar-refractivity contribution is 0.470. The van der Waals surface area contributed by atoms with E-state index in [9.17, 15) is 4.21 Å². The third-order valence-corrected chi connectivity index (χ3v) is 1.88. The molecule has 0 unspecified atom stereocenters. The average Bonchev–Trinajstić information content (AvgIpc) is 1.93. The van der Waals surface area contributed by atoms with E-state index in [0.717, 1.165) is 0 Å². The summed E-state index contributed by atoms with van der Waals surface area (Å²) < 4.78 is 10.5. The highest BCUT2D eigenvalue weighted by molar-refractivity contribution is 7.81. The summed E-state index contributed by atoms with van der Waals surface area (Å²) in [6.45, 7) is 0. The number of hydrogen-bond acceptors (Lipinski definition) is 2. The van der Waals surface area contributed by atoms with Crippen LogP contribution in [-0.4, -0.2) is 9.32 Å². The fraction of sp³-hybridized carbons (Fsp3) is 0.143. The molecule has 0 saturated heterocycles. The normalized spacial score (nSPS) is 12.8. The number of hydrogen-bond donors (Lipinski definition) is 2. The predicted molar refractivity (Wildman–Crippen MR) is 44.1 cm³/mol. The van der Waals surface area contributed by atoms with Crippen molar-refractivity contribution in [2.75, 3.05) is 0 Å². The molecule has 0 bridgehead atoms. The first-order valence-corrected chi connectivity index (χ1v) is 4.48. The molecule has 0 saturated carbocycles. The molecule has 1 rings (SSSR count). The van der Waals surface area contributed by atoms with Crippen LogP contribution in [0.25, 0.3) is 0 Å². The van der Waals surface area contributed by atoms with Crippen LogP contribution in [-0.2, 0) is 16.7 Å². The number of rotatable bonds is 2. The molecule has 0 radical (unpaired) electrons. The van der Waals surface area contributed by atoms with Crippen molar-refractivity contribution in [2.24, 2.45) is 5.14 Å². The average molecular weight is 171 g/mol. The van der Waals surface area contributed by atoms with E-state index in [-0.39, 0.29) is 11.5 Å². The Labute approximate surface area is 67.4 Å². The molecule has 1 atom stereocenters. The summed E-state index contributed by atoms with van der Waals surface area (Å²) in [5.74, 6) is 0.346. The van der Waals surface area contributed by atoms with Crippen molar-refractivity contribution in [2.45, 2.75) is 5.75 Å². The third-order valence-electron chi connectivity index (χ3n) is 1.29. The van der Waals surface area contributed by atoms with Crippen molar-refractivity contribution in [3.05, 3.63) is 29.8 Å². The van der Waals surface area contributed by atoms with Crippen LogP contribution in [0, 0.1) is 0 Å². The molecule has 3 N–H and O–H groups in total. The Balaban J connectivity index is 2.86. The van der Waals surface area contributed by atoms with Gasteiger partial charge < -0.3 is 5.11 Å². The summed E-state index contributed by atoms with van der Waals surface area (Å²) in [6, 6.07) is 6.71. The molecule has 0 aliphatic heterocycles. The first kappa shape index (κ1) is 8.23. The van der Waals surface area contributed by atoms with Gasteiger partial charge in [-0.1, -0.05) is 18.2 Å². The van der Waals surface area contributed by atoms with E-state index in [1.54, 1.807) is 24.3 Å². The second kappa shape index (κ2) is 3.50. The zero-order valence-corrected chi connectivity index (χ0v) is 6.67. The van der Waals surface area contributed by atoms with Crippen LogP contribution in [0.1, 0.15) is 5.56 Å². The van der Waals surface area contributed by atoms with Crippen LogP contribution in [0.15, 0.2) is 24.3 Å². The number of para-hydroxylation sites is 1. The van der Waals surface area contributed by atoms with E-state index in [1.165, 1.54) is 0 Å². The van der Waals surface area contributed by atoms with Gasteiger partial charge in [0, 0.05) is 5.56 Å². The lowest BCUT2D eigenvalue weighted by atomic mass is 10.2. The maximum Gasteiger partial charge on any atom is 0.119 e. The van der Waals surface area contributed by atoms with E-state index in [0.29, 0.717) is 5.56 Å². The SMILES string of the molecule is N[S@](=O)Cc1ccccc1O. The summed E-state index contributed by atoms with van der Waals surface area (Å²) in [6.07, 6.45) is 0. The van der Waals surface area contributed by atoms with Crippen molar-refractivity contribution < 1.29 is 9.32 Å². The van der Waals surface area contributed by atoms with Crippen LogP contribution < -0.4 is 5.14 Å². The molecule has 0 spiro atoms. The lowest BCUT2D eigenvalue weighted by Gasteiger charge is -1.99. The number of aromatic hydroxyl groups is 1. The second-order valence-electron chi connectivity index (χ2n) is 2.15. The number of phenols is 1. The third kappa shape index (κ3) is 2.32. The van der Waals surface area contributed by atoms with E-state index >= 15 is 0 Å². The quantitative estimate of drug-likeness (QED) is 0.681. The first-order chi connectivity index (χ1) is 5.20. The van der Waals surface area contributed by atoms with Crippen molar-refractivity contribution in [3.63, 3.8) is 0 Å². The summed E-state index contributed by atoms with van der Waals surface area (Å²) in [5, 5.41) is 14.2. The van der Waals surface area contributed by atoms with Crippen LogP contribution in [0.5, 0.6) is 5.75 Å². The predicted octanol–water partition coefficient (Wildman–Crippen LogP) is 0.515. The Morgan fingerprint density at radius 3 is 2.64 bits per heavy atom. The fourth-order valence-corrected chi connectivity index (χ4v) is 1.34. The summed E-state index contributed by atoms with van der Waals surface area (Å²) in [7, 11) is -1.39. The Hall–Kier alpha value is -0.870. The van der Waals surface area contributed by atoms with Gasteiger partial charge in [-0.3, -0.25) is 5.14 Å². The van der Waals surface area contributed by atoms with Gasteiger partial charge in [-0.05, 0) is 6.07 Å². The highest BCUT2D eigenvalue weighted by atomic mass is 32.2. The van der Waals surface area contributed by atoms with Gasteiger partial charge in [0.2, 0.25) is 0 Å². The van der Waals surface area contributed by atoms with Gasteiger partial charge in [-0.15, -0.1) is 0 Å². The van der Waals surface area contributed by atoms with Crippen molar-refractivity contribution in [3.8, 4) is 5.75 Å². The van der Waals surface area contributed by atoms with Crippen molar-refractivity contribution in [1.29, 1.82) is 0 Å². The Morgan fingerprint density at radius 2 is 2.09 bits per heavy atom. The van der Waals surface area contributed by atoms with E-state index < -0.39 is 11.0 Å². The van der Waals surface area contributed by atoms with Gasteiger partial charge in [0.1, 0.15) is 5.75 Å². The molecule has 0 aliphatic carbocycles. The minimum atomic E-state index is -1.39. The molecule has 1 aromatic rings. The highest BCUT2D eigenvalue weighted by Gasteiger charge is 2.00. The Bertz CT molecular complexity index is 275. The topological polar surface area (TPSA) is 63.3 Å². The molecule has 0 heterocycles. The van der Waals surface area contributed by atoms with E-state index in [1.807, 2.05) is 0 Å². The number of phenolic OH excluding ortho intramolecular Hbond substituents is 1. The number of benzene rings is 1. The van der Waals surface area contributed by atoms with Crippen molar-refractivity contribution >= 4 is 11.0 Å². The maximum atomic E-state index is 10.5. The van der Waals surface area contributed by atoms with Crippen LogP contribution in [0.4, 0.5) is 0 Å². The van der Waals surface area contributed by atoms with Crippen LogP contribution >= 0.6 is 0 Å². The summed E-state index contributed by atoms with van der Waals surface area (Å²) in [4.78, 5) is 0. The summed E-state index contributed by atoms with van der Waals surface area (Å²) in [5.41, 5.74) is 0.619. The zero-order valence-electron chi connectivity index (χ0n) is 5.86. The van der Waals surface area contributed by atoms with Crippen molar-refractivity contribution in [1.82, 2.24) is 0 Å². The molecule has 3 nitrogen and oxygen atoms in total. The molecule has 60 valence electrons. The van der Waals surface area contributed by atoms with Gasteiger partial charge in [0.25, 0.3) is 0 Å². The summed E-state index contributed by atoms with van der Waals surface area (Å²) >= 11 is 0. The van der Waals surface area contributed by atoms with Gasteiger partial charge in [0.05, 0.1) is 16.7 Å². The molecule has 1 aromatic carbocycles. The van der Waals surface area contributed by atoms with E-state index in [4.69, 9.17) is 10.2 Å². The standard InChI is InChI=1S/C7H9NO2S/c8-11(10)5-6-3-1-2-4-7(6)9/h1-4,9H,5,8H2/t11-/m1/s1. The van der Waals surface area contributed by atoms with Gasteiger partial charge >= 0.3 is 0 Å². The Morgan fingerprint density at radius 1 is 1.45 bits per heavy atom. The fourth-order valence-electron chi connectivity index (χ4n) is 0.786. The molecule has 0 aromatic heterocycles. The van der Waals surface area contributed by atoms with E-state index in [2.05, 4.69) is 0 Å². The molecule has 0 fully saturated rings. The molecule has 11 heavy (non-hydrogen) atoms. The number of nitrogens with two attached hydrogens (primary N) is 1. The highest BCUT2D eigenvalue weighted by Crippen LogP contribution is 2.15. The zero-order chi connectivity index (χ0) is 8.27. The van der Waals surface area contributed by atoms with Gasteiger partial charge in [-0.25, -0.2) is 4.21 Å². The molecule has 0 aliphatic rings. The van der Waals surface area contributed by atoms with Gasteiger partial charge in [0.15, 0.2) is 0 Å². The molecular weight excluding hydrogens is 162 g/mol. The molecule has 4 heteroatoms. The monoisotopic (exact) mass is 171 g/mol. The molecular formula is C7H9NO2S. The molecule has 0 amide bonds. The first-order valence-electron chi connectivity index (χ1n) is 3.10. The Kier molecular flexibility index (Phi) is 2.62. The largest absolute Gasteiger partial charge is 0.508 e. The second-order valence-corrected chi connectivity index (χ2v) is 3.20. The smallest absolute Gasteiger partial charge is 0.119 e.